The second-order valence-electron chi connectivity index (χ2n) is 3.85. The molecule has 17 heavy (non-hydrogen) atoms. The van der Waals surface area contributed by atoms with Crippen molar-refractivity contribution >= 4 is 27.5 Å². The monoisotopic (exact) mass is 304 g/mol. The van der Waals surface area contributed by atoms with Crippen molar-refractivity contribution < 1.29 is 14.3 Å². The third kappa shape index (κ3) is 3.67. The van der Waals surface area contributed by atoms with Gasteiger partial charge in [0.25, 0.3) is 5.91 Å². The molecule has 6 heteroatoms. The number of aliphatic hydroxyl groups excluding tert-OH is 1. The Bertz CT molecular complexity index is 426. The van der Waals surface area contributed by atoms with Gasteiger partial charge in [-0.2, -0.15) is 0 Å². The number of aliphatic hydroxyl groups is 1. The van der Waals surface area contributed by atoms with Gasteiger partial charge in [-0.3, -0.25) is 4.79 Å². The molecule has 1 aromatic rings. The van der Waals surface area contributed by atoms with Crippen LogP contribution in [-0.4, -0.2) is 24.2 Å². The standard InChI is InChI=1S/C11H14BrFN2O2/c1-6(5-16)4-15-11(17)7-2-10(14)9(13)3-8(7)12/h2-3,6,16H,4-5,14H2,1H3,(H,15,17). The number of hydrogen-bond acceptors (Lipinski definition) is 3. The molecule has 0 aliphatic rings. The van der Waals surface area contributed by atoms with Crippen molar-refractivity contribution in [1.29, 1.82) is 0 Å². The number of nitrogens with one attached hydrogen (secondary N) is 1. The van der Waals surface area contributed by atoms with Gasteiger partial charge in [0.05, 0.1) is 11.3 Å². The second-order valence-corrected chi connectivity index (χ2v) is 4.71. The Kier molecular flexibility index (Phi) is 4.89. The fourth-order valence-electron chi connectivity index (χ4n) is 1.17. The van der Waals surface area contributed by atoms with E-state index in [0.29, 0.717) is 11.0 Å². The Morgan fingerprint density at radius 1 is 1.65 bits per heavy atom. The number of amides is 1. The van der Waals surface area contributed by atoms with Crippen molar-refractivity contribution in [2.45, 2.75) is 6.92 Å². The predicted octanol–water partition coefficient (Wildman–Crippen LogP) is 1.53. The molecule has 4 N–H and O–H groups in total. The van der Waals surface area contributed by atoms with Crippen molar-refractivity contribution in [3.05, 3.63) is 28.0 Å². The molecular formula is C11H14BrFN2O2. The van der Waals surface area contributed by atoms with Gasteiger partial charge in [-0.1, -0.05) is 6.92 Å². The topological polar surface area (TPSA) is 75.3 Å². The normalized spacial score (nSPS) is 12.2. The van der Waals surface area contributed by atoms with Crippen LogP contribution in [0.5, 0.6) is 0 Å². The average molecular weight is 305 g/mol. The fourth-order valence-corrected chi connectivity index (χ4v) is 1.66. The highest BCUT2D eigenvalue weighted by atomic mass is 79.9. The van der Waals surface area contributed by atoms with E-state index in [-0.39, 0.29) is 29.7 Å². The molecule has 1 atom stereocenters. The van der Waals surface area contributed by atoms with Crippen molar-refractivity contribution in [3.8, 4) is 0 Å². The summed E-state index contributed by atoms with van der Waals surface area (Å²) in [5.74, 6) is -0.962. The number of carbonyl (C=O) groups excluding carboxylic acids is 1. The maximum Gasteiger partial charge on any atom is 0.252 e. The third-order valence-corrected chi connectivity index (χ3v) is 2.91. The highest BCUT2D eigenvalue weighted by Crippen LogP contribution is 2.22. The van der Waals surface area contributed by atoms with Crippen molar-refractivity contribution in [1.82, 2.24) is 5.32 Å². The number of hydrogen-bond donors (Lipinski definition) is 3. The Hall–Kier alpha value is -1.14. The Morgan fingerprint density at radius 2 is 2.29 bits per heavy atom. The number of benzene rings is 1. The first-order valence-corrected chi connectivity index (χ1v) is 5.88. The van der Waals surface area contributed by atoms with Crippen LogP contribution in [0.25, 0.3) is 0 Å². The van der Waals surface area contributed by atoms with Gasteiger partial charge in [0.2, 0.25) is 0 Å². The molecule has 4 nitrogen and oxygen atoms in total. The molecule has 0 heterocycles. The number of halogens is 2. The molecule has 94 valence electrons. The summed E-state index contributed by atoms with van der Waals surface area (Å²) in [5.41, 5.74) is 5.59. The largest absolute Gasteiger partial charge is 0.396 e. The second kappa shape index (κ2) is 5.97. The van der Waals surface area contributed by atoms with Crippen LogP contribution in [0.4, 0.5) is 10.1 Å². The molecule has 1 unspecified atom stereocenters. The Morgan fingerprint density at radius 3 is 2.88 bits per heavy atom. The van der Waals surface area contributed by atoms with E-state index in [2.05, 4.69) is 21.2 Å². The molecule has 1 aromatic carbocycles. The molecule has 0 aromatic heterocycles. The van der Waals surface area contributed by atoms with Crippen molar-refractivity contribution in [2.75, 3.05) is 18.9 Å². The van der Waals surface area contributed by atoms with Gasteiger partial charge in [0.15, 0.2) is 0 Å². The summed E-state index contributed by atoms with van der Waals surface area (Å²) in [6.07, 6.45) is 0. The van der Waals surface area contributed by atoms with E-state index >= 15 is 0 Å². The van der Waals surface area contributed by atoms with Gasteiger partial charge < -0.3 is 16.2 Å². The molecular weight excluding hydrogens is 291 g/mol. The van der Waals surface area contributed by atoms with Crippen LogP contribution >= 0.6 is 15.9 Å². The molecule has 0 aliphatic carbocycles. The van der Waals surface area contributed by atoms with Crippen molar-refractivity contribution in [2.24, 2.45) is 5.92 Å². The minimum atomic E-state index is -0.572. The molecule has 0 bridgehead atoms. The molecule has 0 fully saturated rings. The zero-order chi connectivity index (χ0) is 13.0. The average Bonchev–Trinajstić information content (AvgIpc) is 2.30. The van der Waals surface area contributed by atoms with Gasteiger partial charge in [0, 0.05) is 17.6 Å². The quantitative estimate of drug-likeness (QED) is 0.738. The zero-order valence-electron chi connectivity index (χ0n) is 9.34. The minimum Gasteiger partial charge on any atom is -0.396 e. The van der Waals surface area contributed by atoms with Crippen LogP contribution < -0.4 is 11.1 Å². The maximum absolute atomic E-state index is 13.1. The molecule has 0 aliphatic heterocycles. The molecule has 0 saturated carbocycles. The van der Waals surface area contributed by atoms with E-state index in [1.165, 1.54) is 6.07 Å². The van der Waals surface area contributed by atoms with Gasteiger partial charge >= 0.3 is 0 Å². The lowest BCUT2D eigenvalue weighted by atomic mass is 10.1. The molecule has 0 saturated heterocycles. The van der Waals surface area contributed by atoms with Gasteiger partial charge in [-0.25, -0.2) is 4.39 Å². The smallest absolute Gasteiger partial charge is 0.252 e. The van der Waals surface area contributed by atoms with Crippen LogP contribution in [-0.2, 0) is 0 Å². The highest BCUT2D eigenvalue weighted by Gasteiger charge is 2.13. The first-order chi connectivity index (χ1) is 7.95. The number of carbonyl (C=O) groups is 1. The molecule has 0 spiro atoms. The van der Waals surface area contributed by atoms with E-state index in [1.54, 1.807) is 6.92 Å². The first kappa shape index (κ1) is 13.9. The molecule has 1 amide bonds. The van der Waals surface area contributed by atoms with Gasteiger partial charge in [-0.15, -0.1) is 0 Å². The summed E-state index contributed by atoms with van der Waals surface area (Å²) in [6, 6.07) is 2.43. The number of rotatable bonds is 4. The Labute approximate surface area is 107 Å². The lowest BCUT2D eigenvalue weighted by molar-refractivity contribution is 0.0941. The number of nitrogen functional groups attached to an aromatic ring is 1. The lowest BCUT2D eigenvalue weighted by Crippen LogP contribution is -2.29. The van der Waals surface area contributed by atoms with E-state index in [4.69, 9.17) is 10.8 Å². The van der Waals surface area contributed by atoms with E-state index < -0.39 is 5.82 Å². The SMILES string of the molecule is CC(CO)CNC(=O)c1cc(N)c(F)cc1Br. The van der Waals surface area contributed by atoms with E-state index in [1.807, 2.05) is 0 Å². The summed E-state index contributed by atoms with van der Waals surface area (Å²) < 4.78 is 13.4. The van der Waals surface area contributed by atoms with Crippen LogP contribution in [0.2, 0.25) is 0 Å². The summed E-state index contributed by atoms with van der Waals surface area (Å²) in [5, 5.41) is 11.5. The molecule has 1 rings (SSSR count). The van der Waals surface area contributed by atoms with Gasteiger partial charge in [-0.05, 0) is 34.0 Å². The predicted molar refractivity (Wildman–Crippen MR) is 67.1 cm³/mol. The van der Waals surface area contributed by atoms with Crippen LogP contribution in [0.1, 0.15) is 17.3 Å². The van der Waals surface area contributed by atoms with E-state index in [0.717, 1.165) is 6.07 Å². The zero-order valence-corrected chi connectivity index (χ0v) is 10.9. The fraction of sp³-hybridized carbons (Fsp3) is 0.364. The summed E-state index contributed by atoms with van der Waals surface area (Å²) >= 11 is 3.10. The van der Waals surface area contributed by atoms with Crippen molar-refractivity contribution in [3.63, 3.8) is 0 Å². The summed E-state index contributed by atoms with van der Waals surface area (Å²) in [6.45, 7) is 2.14. The first-order valence-electron chi connectivity index (χ1n) is 5.09. The third-order valence-electron chi connectivity index (χ3n) is 2.25. The lowest BCUT2D eigenvalue weighted by Gasteiger charge is -2.11. The summed E-state index contributed by atoms with van der Waals surface area (Å²) in [4.78, 5) is 11.7. The number of anilines is 1. The van der Waals surface area contributed by atoms with Crippen LogP contribution in [0.15, 0.2) is 16.6 Å². The van der Waals surface area contributed by atoms with Crippen LogP contribution in [0.3, 0.4) is 0 Å². The van der Waals surface area contributed by atoms with Crippen LogP contribution in [0, 0.1) is 11.7 Å². The minimum absolute atomic E-state index is 0.00694. The molecule has 0 radical (unpaired) electrons. The van der Waals surface area contributed by atoms with Gasteiger partial charge in [0.1, 0.15) is 5.82 Å². The number of nitrogens with two attached hydrogens (primary N) is 1. The highest BCUT2D eigenvalue weighted by molar-refractivity contribution is 9.10. The van der Waals surface area contributed by atoms with E-state index in [9.17, 15) is 9.18 Å². The summed E-state index contributed by atoms with van der Waals surface area (Å²) in [7, 11) is 0. The maximum atomic E-state index is 13.1. The Balaban J connectivity index is 2.79.